The van der Waals surface area contributed by atoms with Crippen LogP contribution >= 0.6 is 15.9 Å². The number of amides is 2. The lowest BCUT2D eigenvalue weighted by Gasteiger charge is -2.25. The van der Waals surface area contributed by atoms with E-state index in [0.29, 0.717) is 13.2 Å². The SMILES string of the molecule is Cc1cc(NC(=O)CN2CCCOC2=O)ccc1Br. The van der Waals surface area contributed by atoms with Gasteiger partial charge in [0, 0.05) is 16.7 Å². The minimum Gasteiger partial charge on any atom is -0.449 e. The van der Waals surface area contributed by atoms with Crippen molar-refractivity contribution in [1.29, 1.82) is 0 Å². The fourth-order valence-electron chi connectivity index (χ4n) is 1.84. The normalized spacial score (nSPS) is 15.1. The molecule has 1 saturated heterocycles. The summed E-state index contributed by atoms with van der Waals surface area (Å²) in [6.07, 6.45) is 0.338. The molecular formula is C13H15BrN2O3. The third-order valence-electron chi connectivity index (χ3n) is 2.83. The molecule has 0 saturated carbocycles. The molecule has 102 valence electrons. The molecule has 1 aromatic carbocycles. The molecule has 1 fully saturated rings. The van der Waals surface area contributed by atoms with E-state index in [4.69, 9.17) is 4.74 Å². The molecule has 1 aliphatic heterocycles. The highest BCUT2D eigenvalue weighted by molar-refractivity contribution is 9.10. The third-order valence-corrected chi connectivity index (χ3v) is 3.72. The van der Waals surface area contributed by atoms with E-state index in [1.165, 1.54) is 4.90 Å². The zero-order chi connectivity index (χ0) is 13.8. The van der Waals surface area contributed by atoms with Crippen LogP contribution < -0.4 is 5.32 Å². The summed E-state index contributed by atoms with van der Waals surface area (Å²) in [5, 5.41) is 2.77. The summed E-state index contributed by atoms with van der Waals surface area (Å²) in [6, 6.07) is 5.56. The van der Waals surface area contributed by atoms with Crippen LogP contribution in [0.1, 0.15) is 12.0 Å². The van der Waals surface area contributed by atoms with E-state index in [1.807, 2.05) is 25.1 Å². The molecule has 2 amide bonds. The molecule has 19 heavy (non-hydrogen) atoms. The first kappa shape index (κ1) is 13.9. The second-order valence-corrected chi connectivity index (χ2v) is 5.26. The summed E-state index contributed by atoms with van der Waals surface area (Å²) in [4.78, 5) is 24.7. The molecule has 1 heterocycles. The summed E-state index contributed by atoms with van der Waals surface area (Å²) in [7, 11) is 0. The average molecular weight is 327 g/mol. The fraction of sp³-hybridized carbons (Fsp3) is 0.385. The highest BCUT2D eigenvalue weighted by Gasteiger charge is 2.21. The largest absolute Gasteiger partial charge is 0.449 e. The maximum Gasteiger partial charge on any atom is 0.410 e. The number of nitrogens with zero attached hydrogens (tertiary/aromatic N) is 1. The lowest BCUT2D eigenvalue weighted by molar-refractivity contribution is -0.117. The highest BCUT2D eigenvalue weighted by Crippen LogP contribution is 2.20. The van der Waals surface area contributed by atoms with Gasteiger partial charge in [-0.1, -0.05) is 15.9 Å². The van der Waals surface area contributed by atoms with Gasteiger partial charge in [-0.15, -0.1) is 0 Å². The van der Waals surface area contributed by atoms with Gasteiger partial charge < -0.3 is 10.1 Å². The molecule has 0 aliphatic carbocycles. The van der Waals surface area contributed by atoms with Crippen molar-refractivity contribution in [2.45, 2.75) is 13.3 Å². The number of halogens is 1. The van der Waals surface area contributed by atoms with E-state index in [0.717, 1.165) is 22.1 Å². The van der Waals surface area contributed by atoms with Crippen LogP contribution in [0.15, 0.2) is 22.7 Å². The van der Waals surface area contributed by atoms with E-state index in [-0.39, 0.29) is 12.5 Å². The predicted octanol–water partition coefficient (Wildman–Crippen LogP) is 2.54. The number of ether oxygens (including phenoxy) is 1. The number of benzene rings is 1. The van der Waals surface area contributed by atoms with Crippen LogP contribution in [0.3, 0.4) is 0 Å². The van der Waals surface area contributed by atoms with Gasteiger partial charge in [0.05, 0.1) is 6.61 Å². The Kier molecular flexibility index (Phi) is 4.42. The van der Waals surface area contributed by atoms with Crippen molar-refractivity contribution in [2.75, 3.05) is 25.0 Å². The van der Waals surface area contributed by atoms with Crippen molar-refractivity contribution < 1.29 is 14.3 Å². The van der Waals surface area contributed by atoms with Crippen LogP contribution in [0, 0.1) is 6.92 Å². The summed E-state index contributed by atoms with van der Waals surface area (Å²) in [5.41, 5.74) is 1.76. The van der Waals surface area contributed by atoms with Gasteiger partial charge in [0.25, 0.3) is 0 Å². The van der Waals surface area contributed by atoms with Gasteiger partial charge in [0.2, 0.25) is 5.91 Å². The fourth-order valence-corrected chi connectivity index (χ4v) is 2.08. The van der Waals surface area contributed by atoms with E-state index in [2.05, 4.69) is 21.2 Å². The number of carbonyl (C=O) groups excluding carboxylic acids is 2. The number of carbonyl (C=O) groups is 2. The van der Waals surface area contributed by atoms with Crippen LogP contribution in [-0.2, 0) is 9.53 Å². The average Bonchev–Trinajstić information content (AvgIpc) is 2.37. The maximum absolute atomic E-state index is 11.9. The van der Waals surface area contributed by atoms with Gasteiger partial charge >= 0.3 is 6.09 Å². The lowest BCUT2D eigenvalue weighted by Crippen LogP contribution is -2.42. The number of hydrogen-bond acceptors (Lipinski definition) is 3. The van der Waals surface area contributed by atoms with Gasteiger partial charge in [-0.2, -0.15) is 0 Å². The second-order valence-electron chi connectivity index (χ2n) is 4.40. The molecule has 0 atom stereocenters. The van der Waals surface area contributed by atoms with Crippen molar-refractivity contribution in [2.24, 2.45) is 0 Å². The smallest absolute Gasteiger partial charge is 0.410 e. The number of nitrogens with one attached hydrogen (secondary N) is 1. The van der Waals surface area contributed by atoms with Crippen molar-refractivity contribution in [3.05, 3.63) is 28.2 Å². The number of cyclic esters (lactones) is 1. The third kappa shape index (κ3) is 3.70. The molecule has 1 N–H and O–H groups in total. The zero-order valence-corrected chi connectivity index (χ0v) is 12.2. The predicted molar refractivity (Wildman–Crippen MR) is 75.0 cm³/mol. The first-order chi connectivity index (χ1) is 9.06. The second kappa shape index (κ2) is 6.06. The number of hydrogen-bond donors (Lipinski definition) is 1. The van der Waals surface area contributed by atoms with Crippen LogP contribution in [-0.4, -0.2) is 36.6 Å². The quantitative estimate of drug-likeness (QED) is 0.928. The molecule has 0 unspecified atom stereocenters. The van der Waals surface area contributed by atoms with E-state index in [1.54, 1.807) is 0 Å². The van der Waals surface area contributed by atoms with Crippen molar-refractivity contribution in [3.8, 4) is 0 Å². The summed E-state index contributed by atoms with van der Waals surface area (Å²) >= 11 is 3.40. The minimum absolute atomic E-state index is 0.0218. The number of aryl methyl sites for hydroxylation is 1. The molecule has 0 aromatic heterocycles. The topological polar surface area (TPSA) is 58.6 Å². The first-order valence-corrected chi connectivity index (χ1v) is 6.83. The Labute approximate surface area is 120 Å². The van der Waals surface area contributed by atoms with Gasteiger partial charge in [-0.05, 0) is 37.1 Å². The number of anilines is 1. The van der Waals surface area contributed by atoms with E-state index in [9.17, 15) is 9.59 Å². The Morgan fingerprint density at radius 3 is 3.00 bits per heavy atom. The van der Waals surface area contributed by atoms with Crippen molar-refractivity contribution in [1.82, 2.24) is 4.90 Å². The molecule has 5 nitrogen and oxygen atoms in total. The Hall–Kier alpha value is -1.56. The van der Waals surface area contributed by atoms with Crippen molar-refractivity contribution >= 4 is 33.6 Å². The first-order valence-electron chi connectivity index (χ1n) is 6.04. The van der Waals surface area contributed by atoms with Gasteiger partial charge in [-0.25, -0.2) is 4.79 Å². The Morgan fingerprint density at radius 2 is 2.32 bits per heavy atom. The molecule has 1 aromatic rings. The maximum atomic E-state index is 11.9. The molecule has 2 rings (SSSR count). The van der Waals surface area contributed by atoms with E-state index >= 15 is 0 Å². The van der Waals surface area contributed by atoms with Crippen LogP contribution in [0.4, 0.5) is 10.5 Å². The van der Waals surface area contributed by atoms with E-state index < -0.39 is 6.09 Å². The standard InChI is InChI=1S/C13H15BrN2O3/c1-9-7-10(3-4-11(9)14)15-12(17)8-16-5-2-6-19-13(16)18/h3-4,7H,2,5-6,8H2,1H3,(H,15,17). The molecule has 6 heteroatoms. The van der Waals surface area contributed by atoms with Crippen LogP contribution in [0.5, 0.6) is 0 Å². The molecule has 0 radical (unpaired) electrons. The molecule has 1 aliphatic rings. The van der Waals surface area contributed by atoms with Gasteiger partial charge in [-0.3, -0.25) is 9.69 Å². The van der Waals surface area contributed by atoms with Crippen molar-refractivity contribution in [3.63, 3.8) is 0 Å². The molecule has 0 bridgehead atoms. The Bertz CT molecular complexity index is 505. The molecule has 0 spiro atoms. The van der Waals surface area contributed by atoms with Gasteiger partial charge in [0.1, 0.15) is 6.54 Å². The highest BCUT2D eigenvalue weighted by atomic mass is 79.9. The Balaban J connectivity index is 1.93. The van der Waals surface area contributed by atoms with Gasteiger partial charge in [0.15, 0.2) is 0 Å². The van der Waals surface area contributed by atoms with Crippen LogP contribution in [0.25, 0.3) is 0 Å². The summed E-state index contributed by atoms with van der Waals surface area (Å²) < 4.78 is 5.87. The minimum atomic E-state index is -0.423. The summed E-state index contributed by atoms with van der Waals surface area (Å²) in [5.74, 6) is -0.222. The monoisotopic (exact) mass is 326 g/mol. The van der Waals surface area contributed by atoms with Crippen LogP contribution in [0.2, 0.25) is 0 Å². The lowest BCUT2D eigenvalue weighted by atomic mass is 10.2. The zero-order valence-electron chi connectivity index (χ0n) is 10.6. The Morgan fingerprint density at radius 1 is 1.53 bits per heavy atom. The summed E-state index contributed by atoms with van der Waals surface area (Å²) in [6.45, 7) is 2.96. The molecular weight excluding hydrogens is 312 g/mol. The number of rotatable bonds is 3.